The second kappa shape index (κ2) is 6.14. The molecule has 1 saturated heterocycles. The Hall–Kier alpha value is -0.910. The molecule has 17 heavy (non-hydrogen) atoms. The molecule has 1 aromatic rings. The van der Waals surface area contributed by atoms with Gasteiger partial charge in [-0.25, -0.2) is 0 Å². The minimum Gasteiger partial charge on any atom is -0.395 e. The zero-order valence-electron chi connectivity index (χ0n) is 9.76. The number of nitrogens with zero attached hydrogens (tertiary/aromatic N) is 1. The molecule has 0 aromatic carbocycles. The molecule has 2 heterocycles. The molecule has 2 N–H and O–H groups in total. The number of rotatable bonds is 5. The lowest BCUT2D eigenvalue weighted by atomic mass is 10.2. The summed E-state index contributed by atoms with van der Waals surface area (Å²) in [4.78, 5) is 14.7. The number of hydrogen-bond donors (Lipinski definition) is 2. The fourth-order valence-electron chi connectivity index (χ4n) is 2.13. The molecule has 5 heteroatoms. The molecule has 4 nitrogen and oxygen atoms in total. The van der Waals surface area contributed by atoms with Crippen LogP contribution in [0.5, 0.6) is 0 Å². The van der Waals surface area contributed by atoms with E-state index in [0.29, 0.717) is 19.1 Å². The van der Waals surface area contributed by atoms with Gasteiger partial charge in [0.15, 0.2) is 0 Å². The minimum atomic E-state index is 0.0177. The maximum atomic E-state index is 12.2. The van der Waals surface area contributed by atoms with Gasteiger partial charge >= 0.3 is 0 Å². The molecule has 1 aromatic heterocycles. The smallest absolute Gasteiger partial charge is 0.264 e. The maximum Gasteiger partial charge on any atom is 0.264 e. The van der Waals surface area contributed by atoms with Crippen molar-refractivity contribution >= 4 is 17.2 Å². The predicted octanol–water partition coefficient (Wildman–Crippen LogP) is 0.935. The van der Waals surface area contributed by atoms with Gasteiger partial charge in [0.05, 0.1) is 11.5 Å². The van der Waals surface area contributed by atoms with Crippen molar-refractivity contribution in [3.63, 3.8) is 0 Å². The lowest BCUT2D eigenvalue weighted by Gasteiger charge is -2.24. The molecule has 1 unspecified atom stereocenters. The molecule has 0 radical (unpaired) electrons. The van der Waals surface area contributed by atoms with Gasteiger partial charge in [0.25, 0.3) is 5.91 Å². The summed E-state index contributed by atoms with van der Waals surface area (Å²) in [5.41, 5.74) is 0. The van der Waals surface area contributed by atoms with E-state index in [9.17, 15) is 4.79 Å². The Morgan fingerprint density at radius 3 is 3.12 bits per heavy atom. The summed E-state index contributed by atoms with van der Waals surface area (Å²) < 4.78 is 0. The Kier molecular flexibility index (Phi) is 4.53. The molecule has 0 bridgehead atoms. The molecule has 1 fully saturated rings. The topological polar surface area (TPSA) is 52.6 Å². The highest BCUT2D eigenvalue weighted by molar-refractivity contribution is 7.12. The van der Waals surface area contributed by atoms with Crippen LogP contribution >= 0.6 is 11.3 Å². The standard InChI is InChI=1S/C12H18N2O2S/c15-7-6-14(9-10-3-1-5-13-10)12(16)11-4-2-8-17-11/h2,4,8,10,13,15H,1,3,5-7,9H2. The van der Waals surface area contributed by atoms with Gasteiger partial charge in [0, 0.05) is 19.1 Å². The van der Waals surface area contributed by atoms with Crippen molar-refractivity contribution < 1.29 is 9.90 Å². The van der Waals surface area contributed by atoms with E-state index in [0.717, 1.165) is 17.8 Å². The molecule has 0 saturated carbocycles. The molecular formula is C12H18N2O2S. The molecule has 1 aliphatic heterocycles. The summed E-state index contributed by atoms with van der Waals surface area (Å²) in [5, 5.41) is 14.3. The Balaban J connectivity index is 1.98. The second-order valence-corrected chi connectivity index (χ2v) is 5.19. The normalized spacial score (nSPS) is 19.5. The van der Waals surface area contributed by atoms with Crippen molar-refractivity contribution in [2.24, 2.45) is 0 Å². The Morgan fingerprint density at radius 1 is 1.65 bits per heavy atom. The number of aliphatic hydroxyl groups excluding tert-OH is 1. The molecule has 1 atom stereocenters. The first-order valence-electron chi connectivity index (χ1n) is 5.98. The monoisotopic (exact) mass is 254 g/mol. The average Bonchev–Trinajstić information content (AvgIpc) is 3.00. The van der Waals surface area contributed by atoms with Gasteiger partial charge in [-0.3, -0.25) is 4.79 Å². The fourth-order valence-corrected chi connectivity index (χ4v) is 2.82. The number of carbonyl (C=O) groups excluding carboxylic acids is 1. The van der Waals surface area contributed by atoms with Crippen LogP contribution in [0.2, 0.25) is 0 Å². The molecule has 1 amide bonds. The van der Waals surface area contributed by atoms with E-state index in [-0.39, 0.29) is 12.5 Å². The third-order valence-electron chi connectivity index (χ3n) is 2.99. The Bertz CT molecular complexity index is 347. The van der Waals surface area contributed by atoms with Crippen LogP contribution in [-0.4, -0.2) is 48.2 Å². The third-order valence-corrected chi connectivity index (χ3v) is 3.85. The van der Waals surface area contributed by atoms with Crippen molar-refractivity contribution in [3.05, 3.63) is 22.4 Å². The van der Waals surface area contributed by atoms with Crippen LogP contribution in [0, 0.1) is 0 Å². The van der Waals surface area contributed by atoms with Gasteiger partial charge < -0.3 is 15.3 Å². The number of carbonyl (C=O) groups is 1. The van der Waals surface area contributed by atoms with Crippen molar-refractivity contribution in [2.75, 3.05) is 26.2 Å². The van der Waals surface area contributed by atoms with Crippen molar-refractivity contribution in [3.8, 4) is 0 Å². The predicted molar refractivity (Wildman–Crippen MR) is 68.3 cm³/mol. The highest BCUT2D eigenvalue weighted by atomic mass is 32.1. The Morgan fingerprint density at radius 2 is 2.53 bits per heavy atom. The largest absolute Gasteiger partial charge is 0.395 e. The number of amides is 1. The summed E-state index contributed by atoms with van der Waals surface area (Å²) in [5.74, 6) is 0.0303. The lowest BCUT2D eigenvalue weighted by molar-refractivity contribution is 0.0711. The summed E-state index contributed by atoms with van der Waals surface area (Å²) in [6, 6.07) is 4.09. The van der Waals surface area contributed by atoms with Gasteiger partial charge in [-0.15, -0.1) is 11.3 Å². The van der Waals surface area contributed by atoms with Crippen molar-refractivity contribution in [1.82, 2.24) is 10.2 Å². The number of aliphatic hydroxyl groups is 1. The van der Waals surface area contributed by atoms with E-state index in [4.69, 9.17) is 5.11 Å². The maximum absolute atomic E-state index is 12.2. The minimum absolute atomic E-state index is 0.0177. The summed E-state index contributed by atoms with van der Waals surface area (Å²) in [6.45, 7) is 2.15. The van der Waals surface area contributed by atoms with E-state index >= 15 is 0 Å². The van der Waals surface area contributed by atoms with Crippen LogP contribution in [0.25, 0.3) is 0 Å². The van der Waals surface area contributed by atoms with Crippen LogP contribution in [0.15, 0.2) is 17.5 Å². The first-order valence-corrected chi connectivity index (χ1v) is 6.86. The van der Waals surface area contributed by atoms with Gasteiger partial charge in [-0.05, 0) is 30.8 Å². The van der Waals surface area contributed by atoms with Gasteiger partial charge in [0.1, 0.15) is 0 Å². The average molecular weight is 254 g/mol. The highest BCUT2D eigenvalue weighted by Gasteiger charge is 2.22. The van der Waals surface area contributed by atoms with Crippen LogP contribution in [0.3, 0.4) is 0 Å². The first kappa shape index (κ1) is 12.5. The summed E-state index contributed by atoms with van der Waals surface area (Å²) in [7, 11) is 0. The van der Waals surface area contributed by atoms with Gasteiger partial charge in [0.2, 0.25) is 0 Å². The summed E-state index contributed by atoms with van der Waals surface area (Å²) >= 11 is 1.45. The van der Waals surface area contributed by atoms with E-state index in [1.807, 2.05) is 17.5 Å². The number of nitrogens with one attached hydrogen (secondary N) is 1. The molecule has 94 valence electrons. The van der Waals surface area contributed by atoms with Gasteiger partial charge in [-0.2, -0.15) is 0 Å². The third kappa shape index (κ3) is 3.28. The van der Waals surface area contributed by atoms with E-state index in [2.05, 4.69) is 5.32 Å². The number of thiophene rings is 1. The summed E-state index contributed by atoms with van der Waals surface area (Å²) in [6.07, 6.45) is 2.28. The van der Waals surface area contributed by atoms with E-state index < -0.39 is 0 Å². The zero-order valence-corrected chi connectivity index (χ0v) is 10.6. The quantitative estimate of drug-likeness (QED) is 0.822. The molecule has 2 rings (SSSR count). The molecule has 0 spiro atoms. The van der Waals surface area contributed by atoms with Crippen LogP contribution < -0.4 is 5.32 Å². The van der Waals surface area contributed by atoms with Crippen molar-refractivity contribution in [1.29, 1.82) is 0 Å². The molecule has 1 aliphatic rings. The van der Waals surface area contributed by atoms with E-state index in [1.165, 1.54) is 17.8 Å². The fraction of sp³-hybridized carbons (Fsp3) is 0.583. The Labute approximate surface area is 105 Å². The SMILES string of the molecule is O=C(c1cccs1)N(CCO)CC1CCCN1. The molecular weight excluding hydrogens is 236 g/mol. The van der Waals surface area contributed by atoms with Crippen LogP contribution in [0.1, 0.15) is 22.5 Å². The first-order chi connectivity index (χ1) is 8.31. The van der Waals surface area contributed by atoms with Crippen molar-refractivity contribution in [2.45, 2.75) is 18.9 Å². The lowest BCUT2D eigenvalue weighted by Crippen LogP contribution is -2.42. The van der Waals surface area contributed by atoms with Crippen LogP contribution in [-0.2, 0) is 0 Å². The molecule has 0 aliphatic carbocycles. The second-order valence-electron chi connectivity index (χ2n) is 4.25. The highest BCUT2D eigenvalue weighted by Crippen LogP contribution is 2.14. The van der Waals surface area contributed by atoms with Gasteiger partial charge in [-0.1, -0.05) is 6.07 Å². The zero-order chi connectivity index (χ0) is 12.1. The van der Waals surface area contributed by atoms with Crippen LogP contribution in [0.4, 0.5) is 0 Å². The number of hydrogen-bond acceptors (Lipinski definition) is 4. The van der Waals surface area contributed by atoms with E-state index in [1.54, 1.807) is 4.90 Å².